The molecule has 4 N–H and O–H groups in total. The van der Waals surface area contributed by atoms with Crippen LogP contribution in [-0.2, 0) is 11.3 Å². The Kier molecular flexibility index (Phi) is 4.50. The van der Waals surface area contributed by atoms with Gasteiger partial charge in [0.1, 0.15) is 41.3 Å². The molecule has 0 radical (unpaired) electrons. The number of anilines is 1. The third kappa shape index (κ3) is 3.02. The van der Waals surface area contributed by atoms with Crippen molar-refractivity contribution in [2.24, 2.45) is 5.73 Å². The Balaban J connectivity index is 1.51. The summed E-state index contributed by atoms with van der Waals surface area (Å²) in [6, 6.07) is 15.1. The number of fused-ring (bicyclic) bond motifs is 3. The van der Waals surface area contributed by atoms with Crippen LogP contribution in [0.2, 0.25) is 0 Å². The zero-order chi connectivity index (χ0) is 20.7. The Morgan fingerprint density at radius 2 is 1.90 bits per heavy atom. The molecular formula is C22H21N5O3. The highest BCUT2D eigenvalue weighted by Crippen LogP contribution is 2.40. The van der Waals surface area contributed by atoms with E-state index in [1.165, 1.54) is 6.33 Å². The third-order valence-corrected chi connectivity index (χ3v) is 5.17. The first-order valence-electron chi connectivity index (χ1n) is 9.62. The second-order valence-electron chi connectivity index (χ2n) is 6.99. The van der Waals surface area contributed by atoms with Crippen LogP contribution in [0.1, 0.15) is 24.3 Å². The molecule has 0 aliphatic carbocycles. The van der Waals surface area contributed by atoms with E-state index in [0.29, 0.717) is 29.7 Å². The SMILES string of the molecule is CC1OCc2c1c1ncnc(N)c1n2-c1ccc(Oc2cccc(OCN)c2)cc1. The van der Waals surface area contributed by atoms with Crippen LogP contribution in [0.15, 0.2) is 54.9 Å². The Bertz CT molecular complexity index is 1220. The number of aromatic nitrogens is 3. The molecule has 1 aliphatic rings. The van der Waals surface area contributed by atoms with Gasteiger partial charge in [0.05, 0.1) is 18.4 Å². The molecule has 8 heteroatoms. The number of rotatable bonds is 5. The lowest BCUT2D eigenvalue weighted by Crippen LogP contribution is -2.07. The van der Waals surface area contributed by atoms with E-state index in [1.807, 2.05) is 49.4 Å². The molecule has 0 fully saturated rings. The highest BCUT2D eigenvalue weighted by atomic mass is 16.5. The molecule has 0 amide bonds. The fraction of sp³-hybridized carbons (Fsp3) is 0.182. The fourth-order valence-electron chi connectivity index (χ4n) is 3.87. The maximum absolute atomic E-state index is 6.21. The van der Waals surface area contributed by atoms with Gasteiger partial charge in [-0.05, 0) is 43.3 Å². The number of hydrogen-bond acceptors (Lipinski definition) is 7. The van der Waals surface area contributed by atoms with Gasteiger partial charge in [-0.1, -0.05) is 6.07 Å². The van der Waals surface area contributed by atoms with Crippen molar-refractivity contribution < 1.29 is 14.2 Å². The molecule has 1 atom stereocenters. The van der Waals surface area contributed by atoms with Gasteiger partial charge in [-0.3, -0.25) is 5.73 Å². The molecule has 3 heterocycles. The van der Waals surface area contributed by atoms with Gasteiger partial charge in [0.2, 0.25) is 0 Å². The zero-order valence-corrected chi connectivity index (χ0v) is 16.4. The van der Waals surface area contributed by atoms with E-state index in [4.69, 9.17) is 25.7 Å². The second kappa shape index (κ2) is 7.33. The van der Waals surface area contributed by atoms with Gasteiger partial charge in [-0.2, -0.15) is 0 Å². The molecule has 0 saturated heterocycles. The summed E-state index contributed by atoms with van der Waals surface area (Å²) in [4.78, 5) is 8.66. The van der Waals surface area contributed by atoms with Gasteiger partial charge >= 0.3 is 0 Å². The van der Waals surface area contributed by atoms with Crippen molar-refractivity contribution in [1.82, 2.24) is 14.5 Å². The molecule has 30 heavy (non-hydrogen) atoms. The van der Waals surface area contributed by atoms with Crippen LogP contribution in [0.3, 0.4) is 0 Å². The number of nitrogens with zero attached hydrogens (tertiary/aromatic N) is 3. The van der Waals surface area contributed by atoms with E-state index < -0.39 is 0 Å². The molecule has 8 nitrogen and oxygen atoms in total. The minimum atomic E-state index is -0.0383. The van der Waals surface area contributed by atoms with Crippen LogP contribution < -0.4 is 20.9 Å². The van der Waals surface area contributed by atoms with Crippen molar-refractivity contribution in [1.29, 1.82) is 0 Å². The summed E-state index contributed by atoms with van der Waals surface area (Å²) in [5.74, 6) is 2.47. The van der Waals surface area contributed by atoms with Gasteiger partial charge in [0, 0.05) is 17.3 Å². The fourth-order valence-corrected chi connectivity index (χ4v) is 3.87. The Morgan fingerprint density at radius 1 is 1.10 bits per heavy atom. The molecule has 4 aromatic rings. The van der Waals surface area contributed by atoms with Crippen LogP contribution in [0.5, 0.6) is 17.2 Å². The maximum atomic E-state index is 6.21. The first-order valence-corrected chi connectivity index (χ1v) is 9.62. The predicted molar refractivity (Wildman–Crippen MR) is 113 cm³/mol. The van der Waals surface area contributed by atoms with E-state index in [2.05, 4.69) is 14.5 Å². The summed E-state index contributed by atoms with van der Waals surface area (Å²) in [7, 11) is 0. The summed E-state index contributed by atoms with van der Waals surface area (Å²) in [5, 5.41) is 0. The van der Waals surface area contributed by atoms with Crippen molar-refractivity contribution in [2.75, 3.05) is 12.5 Å². The molecule has 2 aromatic heterocycles. The number of nitrogen functional groups attached to an aromatic ring is 1. The normalized spacial score (nSPS) is 15.3. The monoisotopic (exact) mass is 403 g/mol. The molecule has 1 unspecified atom stereocenters. The Morgan fingerprint density at radius 3 is 2.70 bits per heavy atom. The average Bonchev–Trinajstić information content (AvgIpc) is 3.28. The Labute approximate surface area is 173 Å². The minimum absolute atomic E-state index is 0.0383. The van der Waals surface area contributed by atoms with Gasteiger partial charge in [-0.15, -0.1) is 0 Å². The van der Waals surface area contributed by atoms with Crippen LogP contribution in [-0.4, -0.2) is 21.3 Å². The lowest BCUT2D eigenvalue weighted by molar-refractivity contribution is 0.0783. The van der Waals surface area contributed by atoms with E-state index in [0.717, 1.165) is 28.0 Å². The molecule has 0 saturated carbocycles. The van der Waals surface area contributed by atoms with Crippen LogP contribution >= 0.6 is 0 Å². The second-order valence-corrected chi connectivity index (χ2v) is 6.99. The highest BCUT2D eigenvalue weighted by molar-refractivity contribution is 5.91. The van der Waals surface area contributed by atoms with Crippen molar-refractivity contribution >= 4 is 16.9 Å². The standard InChI is InChI=1S/C22H21N5O3/c1-13-19-18(10-28-13)27(21-20(19)25-12-26-22(21)24)14-5-7-15(8-6-14)30-17-4-2-3-16(9-17)29-11-23/h2-9,12-13H,10-11,23H2,1H3,(H2,24,25,26). The average molecular weight is 403 g/mol. The number of ether oxygens (including phenoxy) is 3. The lowest BCUT2D eigenvalue weighted by atomic mass is 10.1. The van der Waals surface area contributed by atoms with E-state index in [9.17, 15) is 0 Å². The van der Waals surface area contributed by atoms with E-state index in [-0.39, 0.29) is 12.8 Å². The van der Waals surface area contributed by atoms with Gasteiger partial charge in [0.15, 0.2) is 5.82 Å². The summed E-state index contributed by atoms with van der Waals surface area (Å²) in [6.45, 7) is 2.63. The molecular weight excluding hydrogens is 382 g/mol. The first kappa shape index (κ1) is 18.4. The van der Waals surface area contributed by atoms with Crippen molar-refractivity contribution in [3.8, 4) is 22.9 Å². The number of hydrogen-bond donors (Lipinski definition) is 2. The molecule has 1 aliphatic heterocycles. The van der Waals surface area contributed by atoms with Gasteiger partial charge in [0.25, 0.3) is 0 Å². The Hall–Kier alpha value is -3.62. The molecule has 2 aromatic carbocycles. The number of nitrogens with two attached hydrogens (primary N) is 2. The largest absolute Gasteiger partial charge is 0.478 e. The van der Waals surface area contributed by atoms with Crippen LogP contribution in [0.25, 0.3) is 16.7 Å². The molecule has 152 valence electrons. The smallest absolute Gasteiger partial charge is 0.151 e. The predicted octanol–water partition coefficient (Wildman–Crippen LogP) is 3.68. The summed E-state index contributed by atoms with van der Waals surface area (Å²) in [5.41, 5.74) is 16.3. The van der Waals surface area contributed by atoms with Gasteiger partial charge in [-0.25, -0.2) is 9.97 Å². The van der Waals surface area contributed by atoms with Crippen molar-refractivity contribution in [3.63, 3.8) is 0 Å². The number of benzene rings is 2. The lowest BCUT2D eigenvalue weighted by Gasteiger charge is -2.12. The topological polar surface area (TPSA) is 110 Å². The summed E-state index contributed by atoms with van der Waals surface area (Å²) in [6.07, 6.45) is 1.45. The van der Waals surface area contributed by atoms with Crippen molar-refractivity contribution in [3.05, 3.63) is 66.1 Å². The third-order valence-electron chi connectivity index (χ3n) is 5.17. The highest BCUT2D eigenvalue weighted by Gasteiger charge is 2.30. The van der Waals surface area contributed by atoms with Crippen molar-refractivity contribution in [2.45, 2.75) is 19.6 Å². The van der Waals surface area contributed by atoms with Crippen LogP contribution in [0, 0.1) is 0 Å². The van der Waals surface area contributed by atoms with Gasteiger partial charge < -0.3 is 24.5 Å². The minimum Gasteiger partial charge on any atom is -0.478 e. The summed E-state index contributed by atoms with van der Waals surface area (Å²) < 4.78 is 19.2. The molecule has 0 bridgehead atoms. The van der Waals surface area contributed by atoms with E-state index in [1.54, 1.807) is 6.07 Å². The molecule has 5 rings (SSSR count). The zero-order valence-electron chi connectivity index (χ0n) is 16.4. The van der Waals surface area contributed by atoms with E-state index >= 15 is 0 Å². The first-order chi connectivity index (χ1) is 14.7. The maximum Gasteiger partial charge on any atom is 0.151 e. The molecule has 0 spiro atoms. The summed E-state index contributed by atoms with van der Waals surface area (Å²) >= 11 is 0. The van der Waals surface area contributed by atoms with Crippen LogP contribution in [0.4, 0.5) is 5.82 Å². The quantitative estimate of drug-likeness (QED) is 0.489.